The Kier molecular flexibility index (Phi) is 7.65. The summed E-state index contributed by atoms with van der Waals surface area (Å²) in [7, 11) is 0. The molecule has 0 bridgehead atoms. The monoisotopic (exact) mass is 486 g/mol. The molecule has 2 N–H and O–H groups in total. The zero-order valence-corrected chi connectivity index (χ0v) is 19.7. The second kappa shape index (κ2) is 11.2. The van der Waals surface area contributed by atoms with Gasteiger partial charge in [0.1, 0.15) is 17.2 Å². The second-order valence-corrected chi connectivity index (χ2v) is 8.15. The van der Waals surface area contributed by atoms with Gasteiger partial charge >= 0.3 is 0 Å². The highest BCUT2D eigenvalue weighted by atomic mass is 35.5. The van der Waals surface area contributed by atoms with Crippen LogP contribution in [0.4, 0.5) is 11.4 Å². The van der Waals surface area contributed by atoms with E-state index < -0.39 is 0 Å². The normalized spacial score (nSPS) is 10.3. The van der Waals surface area contributed by atoms with Gasteiger partial charge in [-0.25, -0.2) is 0 Å². The van der Waals surface area contributed by atoms with Gasteiger partial charge in [0.25, 0.3) is 11.8 Å². The quantitative estimate of drug-likeness (QED) is 0.290. The van der Waals surface area contributed by atoms with Gasteiger partial charge in [-0.05, 0) is 91.3 Å². The van der Waals surface area contributed by atoms with Gasteiger partial charge in [0.15, 0.2) is 6.61 Å². The molecule has 35 heavy (non-hydrogen) atoms. The number of para-hydroxylation sites is 1. The number of rotatable bonds is 8. The molecule has 0 unspecified atom stereocenters. The molecule has 0 spiro atoms. The number of anilines is 2. The number of carbonyl (C=O) groups is 2. The molecule has 2 amide bonds. The van der Waals surface area contributed by atoms with E-state index in [1.807, 2.05) is 37.3 Å². The summed E-state index contributed by atoms with van der Waals surface area (Å²) in [4.78, 5) is 24.8. The predicted octanol–water partition coefficient (Wildman–Crippen LogP) is 6.71. The van der Waals surface area contributed by atoms with Crippen LogP contribution in [0.2, 0.25) is 5.02 Å². The van der Waals surface area contributed by atoms with E-state index in [1.165, 1.54) is 0 Å². The topological polar surface area (TPSA) is 76.7 Å². The minimum absolute atomic E-state index is 0.169. The van der Waals surface area contributed by atoms with Gasteiger partial charge in [-0.15, -0.1) is 0 Å². The zero-order chi connectivity index (χ0) is 24.6. The summed E-state index contributed by atoms with van der Waals surface area (Å²) in [5, 5.41) is 6.24. The molecule has 4 aromatic carbocycles. The summed E-state index contributed by atoms with van der Waals surface area (Å²) < 4.78 is 11.3. The maximum atomic E-state index is 12.5. The molecular formula is C28H23ClN2O4. The van der Waals surface area contributed by atoms with Gasteiger partial charge in [0, 0.05) is 22.0 Å². The molecule has 0 fully saturated rings. The lowest BCUT2D eigenvalue weighted by molar-refractivity contribution is -0.118. The number of benzene rings is 4. The lowest BCUT2D eigenvalue weighted by Gasteiger charge is -2.10. The van der Waals surface area contributed by atoms with Crippen LogP contribution in [0.15, 0.2) is 97.1 Å². The van der Waals surface area contributed by atoms with Crippen molar-refractivity contribution in [1.29, 1.82) is 0 Å². The van der Waals surface area contributed by atoms with E-state index in [4.69, 9.17) is 21.1 Å². The van der Waals surface area contributed by atoms with Gasteiger partial charge < -0.3 is 20.1 Å². The first kappa shape index (κ1) is 23.9. The molecule has 6 nitrogen and oxygen atoms in total. The van der Waals surface area contributed by atoms with E-state index in [2.05, 4.69) is 10.6 Å². The van der Waals surface area contributed by atoms with Gasteiger partial charge in [-0.3, -0.25) is 9.59 Å². The highest BCUT2D eigenvalue weighted by molar-refractivity contribution is 6.30. The van der Waals surface area contributed by atoms with Crippen molar-refractivity contribution in [3.8, 4) is 17.2 Å². The van der Waals surface area contributed by atoms with E-state index in [0.29, 0.717) is 33.5 Å². The molecule has 0 aliphatic rings. The molecule has 176 valence electrons. The Balaban J connectivity index is 1.25. The number of halogens is 1. The molecule has 4 aromatic rings. The third kappa shape index (κ3) is 6.85. The summed E-state index contributed by atoms with van der Waals surface area (Å²) in [5.41, 5.74) is 2.66. The van der Waals surface area contributed by atoms with Crippen LogP contribution in [-0.2, 0) is 4.79 Å². The molecule has 7 heteroatoms. The largest absolute Gasteiger partial charge is 0.484 e. The van der Waals surface area contributed by atoms with E-state index >= 15 is 0 Å². The summed E-state index contributed by atoms with van der Waals surface area (Å²) >= 11 is 5.96. The van der Waals surface area contributed by atoms with Crippen LogP contribution in [0.1, 0.15) is 15.9 Å². The number of nitrogens with one attached hydrogen (secondary N) is 2. The summed E-state index contributed by atoms with van der Waals surface area (Å²) in [5.74, 6) is 1.33. The van der Waals surface area contributed by atoms with Crippen LogP contribution in [0.25, 0.3) is 0 Å². The van der Waals surface area contributed by atoms with Crippen LogP contribution >= 0.6 is 11.6 Å². The Labute approximate surface area is 208 Å². The Bertz CT molecular complexity index is 1310. The van der Waals surface area contributed by atoms with Crippen LogP contribution in [0, 0.1) is 6.92 Å². The fraction of sp³-hybridized carbons (Fsp3) is 0.0714. The highest BCUT2D eigenvalue weighted by Crippen LogP contribution is 2.23. The summed E-state index contributed by atoms with van der Waals surface area (Å²) in [6.07, 6.45) is 0. The Morgan fingerprint density at radius 2 is 1.43 bits per heavy atom. The summed E-state index contributed by atoms with van der Waals surface area (Å²) in [6, 6.07) is 28.3. The average molecular weight is 487 g/mol. The molecule has 0 atom stereocenters. The maximum Gasteiger partial charge on any atom is 0.262 e. The Morgan fingerprint density at radius 1 is 0.771 bits per heavy atom. The molecule has 0 aromatic heterocycles. The fourth-order valence-corrected chi connectivity index (χ4v) is 3.47. The van der Waals surface area contributed by atoms with E-state index in [9.17, 15) is 9.59 Å². The van der Waals surface area contributed by atoms with Gasteiger partial charge in [-0.2, -0.15) is 0 Å². The molecule has 0 aliphatic heterocycles. The fourth-order valence-electron chi connectivity index (χ4n) is 3.24. The van der Waals surface area contributed by atoms with Crippen molar-refractivity contribution in [2.75, 3.05) is 17.2 Å². The van der Waals surface area contributed by atoms with Gasteiger partial charge in [0.2, 0.25) is 0 Å². The van der Waals surface area contributed by atoms with Crippen LogP contribution < -0.4 is 20.1 Å². The van der Waals surface area contributed by atoms with Crippen LogP contribution in [0.5, 0.6) is 17.2 Å². The van der Waals surface area contributed by atoms with Crippen molar-refractivity contribution >= 4 is 34.8 Å². The van der Waals surface area contributed by atoms with Crippen molar-refractivity contribution in [3.05, 3.63) is 113 Å². The van der Waals surface area contributed by atoms with Crippen molar-refractivity contribution in [1.82, 2.24) is 0 Å². The maximum absolute atomic E-state index is 12.5. The van der Waals surface area contributed by atoms with E-state index in [0.717, 1.165) is 11.3 Å². The first-order chi connectivity index (χ1) is 17.0. The van der Waals surface area contributed by atoms with Crippen molar-refractivity contribution in [2.45, 2.75) is 6.92 Å². The molecule has 0 radical (unpaired) electrons. The molecular weight excluding hydrogens is 464 g/mol. The van der Waals surface area contributed by atoms with Crippen LogP contribution in [-0.4, -0.2) is 18.4 Å². The zero-order valence-electron chi connectivity index (χ0n) is 19.0. The number of aryl methyl sites for hydroxylation is 1. The highest BCUT2D eigenvalue weighted by Gasteiger charge is 2.09. The molecule has 0 heterocycles. The first-order valence-corrected chi connectivity index (χ1v) is 11.3. The van der Waals surface area contributed by atoms with Crippen molar-refractivity contribution < 1.29 is 19.1 Å². The third-order valence-electron chi connectivity index (χ3n) is 5.04. The third-order valence-corrected chi connectivity index (χ3v) is 5.28. The van der Waals surface area contributed by atoms with Crippen molar-refractivity contribution in [3.63, 3.8) is 0 Å². The summed E-state index contributed by atoms with van der Waals surface area (Å²) in [6.45, 7) is 1.70. The molecule has 0 aliphatic carbocycles. The number of carbonyl (C=O) groups excluding carboxylic acids is 2. The lowest BCUT2D eigenvalue weighted by Crippen LogP contribution is -2.20. The molecule has 0 saturated carbocycles. The molecule has 0 saturated heterocycles. The van der Waals surface area contributed by atoms with Crippen LogP contribution in [0.3, 0.4) is 0 Å². The minimum Gasteiger partial charge on any atom is -0.484 e. The number of hydrogen-bond donors (Lipinski definition) is 2. The number of amides is 2. The SMILES string of the molecule is Cc1cc(Cl)ccc1NC(=O)c1ccc(OCC(=O)Nc2ccc(Oc3ccccc3)cc2)cc1. The van der Waals surface area contributed by atoms with E-state index in [-0.39, 0.29) is 18.4 Å². The Hall–Kier alpha value is -4.29. The standard InChI is InChI=1S/C28H23ClN2O4/c1-19-17-21(29)9-16-26(19)31-28(33)20-7-12-23(13-8-20)34-18-27(32)30-22-10-14-25(15-11-22)35-24-5-3-2-4-6-24/h2-17H,18H2,1H3,(H,30,32)(H,31,33). The predicted molar refractivity (Wildman–Crippen MR) is 138 cm³/mol. The molecule has 4 rings (SSSR count). The Morgan fingerprint density at radius 3 is 2.11 bits per heavy atom. The van der Waals surface area contributed by atoms with Gasteiger partial charge in [-0.1, -0.05) is 29.8 Å². The second-order valence-electron chi connectivity index (χ2n) is 7.71. The van der Waals surface area contributed by atoms with Gasteiger partial charge in [0.05, 0.1) is 0 Å². The number of hydrogen-bond acceptors (Lipinski definition) is 4. The minimum atomic E-state index is -0.304. The number of ether oxygens (including phenoxy) is 2. The smallest absolute Gasteiger partial charge is 0.262 e. The van der Waals surface area contributed by atoms with Crippen molar-refractivity contribution in [2.24, 2.45) is 0 Å². The average Bonchev–Trinajstić information content (AvgIpc) is 2.86. The first-order valence-electron chi connectivity index (χ1n) is 10.9. The van der Waals surface area contributed by atoms with E-state index in [1.54, 1.807) is 66.7 Å². The lowest BCUT2D eigenvalue weighted by atomic mass is 10.1.